The number of quaternary nitrogens is 1. The number of fused-ring (bicyclic) bond motifs is 2. The van der Waals surface area contributed by atoms with Gasteiger partial charge in [-0.15, -0.1) is 0 Å². The van der Waals surface area contributed by atoms with Gasteiger partial charge in [0.15, 0.2) is 6.04 Å². The minimum atomic E-state index is -0.249. The molecule has 116 valence electrons. The van der Waals surface area contributed by atoms with Crippen LogP contribution in [0.5, 0.6) is 0 Å². The van der Waals surface area contributed by atoms with E-state index in [1.165, 1.54) is 16.7 Å². The number of nitrogens with zero attached hydrogens (tertiary/aromatic N) is 2. The van der Waals surface area contributed by atoms with Gasteiger partial charge in [-0.25, -0.2) is 9.40 Å². The first kappa shape index (κ1) is 13.9. The molecular weight excluding hydrogens is 281 g/mol. The van der Waals surface area contributed by atoms with Gasteiger partial charge < -0.3 is 4.90 Å². The van der Waals surface area contributed by atoms with Gasteiger partial charge in [0.25, 0.3) is 0 Å². The Hall–Kier alpha value is -1.75. The Morgan fingerprint density at radius 2 is 2.18 bits per heavy atom. The van der Waals surface area contributed by atoms with E-state index in [4.69, 9.17) is 5.10 Å². The number of nitrogens with one attached hydrogen (secondary N) is 1. The molecule has 1 aromatic rings. The van der Waals surface area contributed by atoms with Crippen molar-refractivity contribution in [2.45, 2.75) is 38.3 Å². The second-order valence-electron chi connectivity index (χ2n) is 6.53. The maximum atomic E-state index is 13.7. The standard InChI is InChI=1S/C17H20FN3O/c1-2-14(22)21-16(12-4-3-5-13(18)10-12)17-15(19-21)11-6-8-20(17)9-7-11/h3-5,10-11,16-17H,2,6-9H2,1H3/p+1/t16-,17+/m0/s1. The van der Waals surface area contributed by atoms with Gasteiger partial charge in [0.1, 0.15) is 17.6 Å². The number of hydrogen-bond acceptors (Lipinski definition) is 2. The molecule has 0 spiro atoms. The van der Waals surface area contributed by atoms with Crippen molar-refractivity contribution in [2.75, 3.05) is 13.1 Å². The van der Waals surface area contributed by atoms with E-state index >= 15 is 0 Å². The zero-order valence-electron chi connectivity index (χ0n) is 12.8. The van der Waals surface area contributed by atoms with Crippen LogP contribution in [0, 0.1) is 11.7 Å². The molecule has 0 aliphatic carbocycles. The van der Waals surface area contributed by atoms with Gasteiger partial charge in [-0.3, -0.25) is 4.79 Å². The van der Waals surface area contributed by atoms with Crippen LogP contribution in [0.25, 0.3) is 0 Å². The van der Waals surface area contributed by atoms with Crippen LogP contribution in [0.1, 0.15) is 37.8 Å². The molecule has 0 unspecified atom stereocenters. The van der Waals surface area contributed by atoms with E-state index in [1.54, 1.807) is 17.1 Å². The summed E-state index contributed by atoms with van der Waals surface area (Å²) in [4.78, 5) is 13.9. The van der Waals surface area contributed by atoms with Crippen molar-refractivity contribution in [1.29, 1.82) is 0 Å². The van der Waals surface area contributed by atoms with E-state index in [0.29, 0.717) is 12.3 Å². The van der Waals surface area contributed by atoms with E-state index in [9.17, 15) is 9.18 Å². The molecule has 0 aromatic heterocycles. The number of carbonyl (C=O) groups is 1. The van der Waals surface area contributed by atoms with E-state index in [2.05, 4.69) is 0 Å². The highest BCUT2D eigenvalue weighted by molar-refractivity contribution is 5.96. The number of benzene rings is 1. The van der Waals surface area contributed by atoms with E-state index in [-0.39, 0.29) is 23.8 Å². The van der Waals surface area contributed by atoms with Crippen LogP contribution >= 0.6 is 0 Å². The first-order chi connectivity index (χ1) is 10.7. The average molecular weight is 302 g/mol. The third-order valence-electron chi connectivity index (χ3n) is 5.36. The normalized spacial score (nSPS) is 32.8. The summed E-state index contributed by atoms with van der Waals surface area (Å²) >= 11 is 0. The minimum Gasteiger partial charge on any atom is -0.326 e. The first-order valence-corrected chi connectivity index (χ1v) is 8.19. The molecule has 2 atom stereocenters. The Bertz CT molecular complexity index is 637. The number of amides is 1. The molecule has 1 amide bonds. The Kier molecular flexibility index (Phi) is 3.26. The Balaban J connectivity index is 1.78. The number of hydrazone groups is 1. The van der Waals surface area contributed by atoms with Gasteiger partial charge in [-0.2, -0.15) is 5.10 Å². The summed E-state index contributed by atoms with van der Waals surface area (Å²) in [6, 6.07) is 6.73. The number of carbonyl (C=O) groups excluding carboxylic acids is 1. The molecule has 4 nitrogen and oxygen atoms in total. The Morgan fingerprint density at radius 1 is 1.41 bits per heavy atom. The number of rotatable bonds is 2. The zero-order chi connectivity index (χ0) is 15.3. The summed E-state index contributed by atoms with van der Waals surface area (Å²) in [6.45, 7) is 4.12. The summed E-state index contributed by atoms with van der Waals surface area (Å²) in [5.41, 5.74) is 2.04. The van der Waals surface area contributed by atoms with Crippen molar-refractivity contribution in [3.05, 3.63) is 35.6 Å². The van der Waals surface area contributed by atoms with Crippen molar-refractivity contribution in [1.82, 2.24) is 5.01 Å². The van der Waals surface area contributed by atoms with Gasteiger partial charge in [-0.05, 0) is 17.7 Å². The van der Waals surface area contributed by atoms with E-state index in [1.807, 2.05) is 13.0 Å². The second-order valence-corrected chi connectivity index (χ2v) is 6.53. The fraction of sp³-hybridized carbons (Fsp3) is 0.529. The van der Waals surface area contributed by atoms with Crippen molar-refractivity contribution in [2.24, 2.45) is 11.0 Å². The summed E-state index contributed by atoms with van der Waals surface area (Å²) in [5.74, 6) is 0.283. The first-order valence-electron chi connectivity index (χ1n) is 8.19. The molecule has 5 rings (SSSR count). The van der Waals surface area contributed by atoms with Gasteiger partial charge in [-0.1, -0.05) is 19.1 Å². The van der Waals surface area contributed by atoms with Crippen LogP contribution in [0.15, 0.2) is 29.4 Å². The van der Waals surface area contributed by atoms with E-state index < -0.39 is 0 Å². The van der Waals surface area contributed by atoms with Crippen molar-refractivity contribution in [3.8, 4) is 0 Å². The van der Waals surface area contributed by atoms with E-state index in [0.717, 1.165) is 31.5 Å². The summed E-state index contributed by atoms with van der Waals surface area (Å²) in [7, 11) is 0. The number of halogens is 1. The number of piperidine rings is 3. The van der Waals surface area contributed by atoms with Crippen molar-refractivity contribution in [3.63, 3.8) is 0 Å². The van der Waals surface area contributed by atoms with Crippen LogP contribution in [0.2, 0.25) is 0 Å². The van der Waals surface area contributed by atoms with Crippen LogP contribution in [0.3, 0.4) is 0 Å². The highest BCUT2D eigenvalue weighted by Gasteiger charge is 2.54. The van der Waals surface area contributed by atoms with Crippen LogP contribution in [0.4, 0.5) is 4.39 Å². The molecule has 2 bridgehead atoms. The summed E-state index contributed by atoms with van der Waals surface area (Å²) in [6.07, 6.45) is 2.75. The minimum absolute atomic E-state index is 0.0242. The van der Waals surface area contributed by atoms with Crippen LogP contribution in [-0.4, -0.2) is 35.8 Å². The molecule has 0 radical (unpaired) electrons. The lowest BCUT2D eigenvalue weighted by molar-refractivity contribution is -0.927. The van der Waals surface area contributed by atoms with Gasteiger partial charge in [0.2, 0.25) is 5.91 Å². The third-order valence-corrected chi connectivity index (χ3v) is 5.36. The molecule has 5 heteroatoms. The molecule has 22 heavy (non-hydrogen) atoms. The van der Waals surface area contributed by atoms with Gasteiger partial charge in [0, 0.05) is 25.2 Å². The molecule has 3 saturated heterocycles. The maximum absolute atomic E-state index is 13.7. The lowest BCUT2D eigenvalue weighted by atomic mass is 9.78. The second kappa shape index (κ2) is 5.16. The van der Waals surface area contributed by atoms with Crippen LogP contribution in [-0.2, 0) is 4.79 Å². The predicted octanol–water partition coefficient (Wildman–Crippen LogP) is 1.15. The summed E-state index contributed by atoms with van der Waals surface area (Å²) < 4.78 is 13.7. The Labute approximate surface area is 129 Å². The third kappa shape index (κ3) is 1.99. The highest BCUT2D eigenvalue weighted by atomic mass is 19.1. The zero-order valence-corrected chi connectivity index (χ0v) is 12.8. The molecule has 3 fully saturated rings. The Morgan fingerprint density at radius 3 is 2.86 bits per heavy atom. The monoisotopic (exact) mass is 302 g/mol. The highest BCUT2D eigenvalue weighted by Crippen LogP contribution is 2.37. The predicted molar refractivity (Wildman–Crippen MR) is 80.9 cm³/mol. The molecular formula is C17H21FN3O+. The topological polar surface area (TPSA) is 37.1 Å². The maximum Gasteiger partial charge on any atom is 0.243 e. The fourth-order valence-electron chi connectivity index (χ4n) is 4.31. The van der Waals surface area contributed by atoms with Gasteiger partial charge in [0.05, 0.1) is 13.1 Å². The molecule has 4 heterocycles. The molecule has 4 aliphatic rings. The number of hydrogen-bond donors (Lipinski definition) is 1. The van der Waals surface area contributed by atoms with Crippen molar-refractivity contribution < 1.29 is 14.1 Å². The quantitative estimate of drug-likeness (QED) is 0.874. The van der Waals surface area contributed by atoms with Gasteiger partial charge >= 0.3 is 0 Å². The lowest BCUT2D eigenvalue weighted by Crippen LogP contribution is -3.20. The SMILES string of the molecule is CCC(=O)N1N=C2C3CC[NH+](CC3)[C@H]2[C@@H]1c1cccc(F)c1. The van der Waals surface area contributed by atoms with Crippen molar-refractivity contribution >= 4 is 11.6 Å². The lowest BCUT2D eigenvalue weighted by Gasteiger charge is -2.42. The molecule has 0 saturated carbocycles. The molecule has 4 aliphatic heterocycles. The smallest absolute Gasteiger partial charge is 0.243 e. The van der Waals surface area contributed by atoms with Crippen LogP contribution < -0.4 is 4.90 Å². The molecule has 1 N–H and O–H groups in total. The molecule has 1 aromatic carbocycles. The largest absolute Gasteiger partial charge is 0.326 e. The average Bonchev–Trinajstić information content (AvgIpc) is 2.97. The fourth-order valence-corrected chi connectivity index (χ4v) is 4.31. The summed E-state index contributed by atoms with van der Waals surface area (Å²) in [5, 5.41) is 6.35.